The van der Waals surface area contributed by atoms with Crippen molar-refractivity contribution in [3.63, 3.8) is 0 Å². The van der Waals surface area contributed by atoms with Gasteiger partial charge < -0.3 is 5.11 Å². The molecule has 1 aromatic heterocycles. The van der Waals surface area contributed by atoms with E-state index in [1.165, 1.54) is 16.5 Å². The largest absolute Gasteiger partial charge is 0.384 e. The van der Waals surface area contributed by atoms with Gasteiger partial charge in [-0.05, 0) is 30.4 Å². The Bertz CT molecular complexity index is 461. The van der Waals surface area contributed by atoms with E-state index in [0.29, 0.717) is 0 Å². The second-order valence-corrected chi connectivity index (χ2v) is 5.82. The molecular weight excluding hydrogens is 216 g/mol. The smallest absolute Gasteiger partial charge is 0.0988 e. The van der Waals surface area contributed by atoms with E-state index in [2.05, 4.69) is 30.3 Å². The number of aliphatic hydroxyl groups is 1. The molecule has 1 aliphatic rings. The van der Waals surface area contributed by atoms with Crippen LogP contribution in [0.5, 0.6) is 0 Å². The van der Waals surface area contributed by atoms with Crippen molar-refractivity contribution in [1.29, 1.82) is 0 Å². The maximum Gasteiger partial charge on any atom is 0.0988 e. The summed E-state index contributed by atoms with van der Waals surface area (Å²) in [5, 5.41) is 11.9. The molecule has 0 radical (unpaired) electrons. The highest BCUT2D eigenvalue weighted by Crippen LogP contribution is 2.41. The Hall–Kier alpha value is -0.860. The van der Waals surface area contributed by atoms with E-state index in [1.807, 2.05) is 0 Å². The lowest BCUT2D eigenvalue weighted by molar-refractivity contribution is 0.00290. The summed E-state index contributed by atoms with van der Waals surface area (Å²) in [6.45, 7) is 0. The molecule has 0 spiro atoms. The maximum atomic E-state index is 10.7. The summed E-state index contributed by atoms with van der Waals surface area (Å²) in [7, 11) is 0. The molecular formula is C14H16OS. The number of hydrogen-bond donors (Lipinski definition) is 1. The second kappa shape index (κ2) is 3.86. The van der Waals surface area contributed by atoms with Gasteiger partial charge in [-0.3, -0.25) is 0 Å². The van der Waals surface area contributed by atoms with E-state index >= 15 is 0 Å². The van der Waals surface area contributed by atoms with Crippen molar-refractivity contribution < 1.29 is 5.11 Å². The molecule has 1 fully saturated rings. The fourth-order valence-electron chi connectivity index (χ4n) is 2.59. The summed E-state index contributed by atoms with van der Waals surface area (Å²) < 4.78 is 1.29. The summed E-state index contributed by atoms with van der Waals surface area (Å²) in [6.07, 6.45) is 5.45. The van der Waals surface area contributed by atoms with E-state index in [1.54, 1.807) is 11.3 Å². The van der Waals surface area contributed by atoms with Crippen molar-refractivity contribution in [2.24, 2.45) is 0 Å². The van der Waals surface area contributed by atoms with Gasteiger partial charge in [-0.2, -0.15) is 0 Å². The normalized spacial score (nSPS) is 20.1. The van der Waals surface area contributed by atoms with Gasteiger partial charge in [0, 0.05) is 9.58 Å². The fourth-order valence-corrected chi connectivity index (χ4v) is 3.80. The molecule has 2 heteroatoms. The van der Waals surface area contributed by atoms with E-state index < -0.39 is 5.60 Å². The lowest BCUT2D eigenvalue weighted by atomic mass is 9.84. The van der Waals surface area contributed by atoms with Gasteiger partial charge in [-0.25, -0.2) is 0 Å². The number of hydrogen-bond acceptors (Lipinski definition) is 2. The van der Waals surface area contributed by atoms with Crippen LogP contribution in [0.15, 0.2) is 30.3 Å². The van der Waals surface area contributed by atoms with Crippen molar-refractivity contribution in [2.45, 2.75) is 37.7 Å². The first-order valence-corrected chi connectivity index (χ1v) is 6.81. The van der Waals surface area contributed by atoms with Gasteiger partial charge in [0.25, 0.3) is 0 Å². The summed E-state index contributed by atoms with van der Waals surface area (Å²) in [4.78, 5) is 1.16. The Kier molecular flexibility index (Phi) is 2.49. The average molecular weight is 232 g/mol. The van der Waals surface area contributed by atoms with Crippen LogP contribution in [0.25, 0.3) is 10.1 Å². The molecule has 1 heterocycles. The topological polar surface area (TPSA) is 20.2 Å². The molecule has 1 nitrogen and oxygen atoms in total. The molecule has 3 rings (SSSR count). The van der Waals surface area contributed by atoms with E-state index in [0.717, 1.165) is 30.6 Å². The molecule has 1 N–H and O–H groups in total. The lowest BCUT2D eigenvalue weighted by Gasteiger charge is -2.30. The highest BCUT2D eigenvalue weighted by Gasteiger charge is 2.32. The SMILES string of the molecule is OC1(c2cc3ccccc3s2)CCCCC1. The third-order valence-corrected chi connectivity index (χ3v) is 4.87. The minimum absolute atomic E-state index is 0.540. The van der Waals surface area contributed by atoms with Crippen LogP contribution in [-0.2, 0) is 5.60 Å². The highest BCUT2D eigenvalue weighted by atomic mass is 32.1. The number of thiophene rings is 1. The van der Waals surface area contributed by atoms with Crippen LogP contribution in [-0.4, -0.2) is 5.11 Å². The Balaban J connectivity index is 2.04. The molecule has 16 heavy (non-hydrogen) atoms. The summed E-state index contributed by atoms with van der Waals surface area (Å²) in [5.41, 5.74) is -0.540. The number of fused-ring (bicyclic) bond motifs is 1. The van der Waals surface area contributed by atoms with Crippen molar-refractivity contribution in [1.82, 2.24) is 0 Å². The first-order chi connectivity index (χ1) is 7.78. The standard InChI is InChI=1S/C14H16OS/c15-14(8-4-1-5-9-14)13-10-11-6-2-3-7-12(11)16-13/h2-3,6-7,10,15H,1,4-5,8-9H2. The zero-order valence-corrected chi connectivity index (χ0v) is 10.1. The zero-order valence-electron chi connectivity index (χ0n) is 9.28. The van der Waals surface area contributed by atoms with Gasteiger partial charge in [0.2, 0.25) is 0 Å². The summed E-state index contributed by atoms with van der Waals surface area (Å²) in [6, 6.07) is 10.6. The highest BCUT2D eigenvalue weighted by molar-refractivity contribution is 7.19. The summed E-state index contributed by atoms with van der Waals surface area (Å²) in [5.74, 6) is 0. The van der Waals surface area contributed by atoms with Gasteiger partial charge in [0.1, 0.15) is 0 Å². The van der Waals surface area contributed by atoms with Crippen LogP contribution in [0.4, 0.5) is 0 Å². The lowest BCUT2D eigenvalue weighted by Crippen LogP contribution is -2.27. The van der Waals surface area contributed by atoms with Gasteiger partial charge in [-0.1, -0.05) is 37.5 Å². The molecule has 0 bridgehead atoms. The predicted molar refractivity (Wildman–Crippen MR) is 68.8 cm³/mol. The van der Waals surface area contributed by atoms with Crippen LogP contribution < -0.4 is 0 Å². The third-order valence-electron chi connectivity index (χ3n) is 3.56. The molecule has 2 aromatic rings. The minimum Gasteiger partial charge on any atom is -0.384 e. The first-order valence-electron chi connectivity index (χ1n) is 5.99. The molecule has 1 aliphatic carbocycles. The molecule has 1 saturated carbocycles. The third kappa shape index (κ3) is 1.66. The summed E-state index contributed by atoms with van der Waals surface area (Å²) >= 11 is 1.75. The minimum atomic E-state index is -0.540. The van der Waals surface area contributed by atoms with Crippen LogP contribution >= 0.6 is 11.3 Å². The molecule has 0 unspecified atom stereocenters. The Morgan fingerprint density at radius 3 is 2.56 bits per heavy atom. The van der Waals surface area contributed by atoms with Crippen LogP contribution in [0, 0.1) is 0 Å². The van der Waals surface area contributed by atoms with E-state index in [9.17, 15) is 5.11 Å². The Morgan fingerprint density at radius 1 is 1.06 bits per heavy atom. The van der Waals surface area contributed by atoms with Gasteiger partial charge in [0.05, 0.1) is 5.60 Å². The number of rotatable bonds is 1. The Morgan fingerprint density at radius 2 is 1.81 bits per heavy atom. The van der Waals surface area contributed by atoms with E-state index in [-0.39, 0.29) is 0 Å². The van der Waals surface area contributed by atoms with Gasteiger partial charge >= 0.3 is 0 Å². The molecule has 0 atom stereocenters. The molecule has 0 saturated heterocycles. The van der Waals surface area contributed by atoms with Crippen LogP contribution in [0.1, 0.15) is 37.0 Å². The molecule has 0 amide bonds. The van der Waals surface area contributed by atoms with Crippen molar-refractivity contribution in [3.8, 4) is 0 Å². The molecule has 1 aromatic carbocycles. The van der Waals surface area contributed by atoms with Crippen LogP contribution in [0.2, 0.25) is 0 Å². The predicted octanol–water partition coefficient (Wildman–Crippen LogP) is 4.05. The maximum absolute atomic E-state index is 10.7. The first kappa shape index (κ1) is 10.3. The molecule has 0 aliphatic heterocycles. The van der Waals surface area contributed by atoms with E-state index in [4.69, 9.17) is 0 Å². The zero-order chi connectivity index (χ0) is 11.0. The monoisotopic (exact) mass is 232 g/mol. The van der Waals surface area contributed by atoms with Gasteiger partial charge in [0.15, 0.2) is 0 Å². The quantitative estimate of drug-likeness (QED) is 0.786. The Labute approximate surface area is 99.7 Å². The average Bonchev–Trinajstić information content (AvgIpc) is 2.74. The van der Waals surface area contributed by atoms with Crippen molar-refractivity contribution in [3.05, 3.63) is 35.2 Å². The van der Waals surface area contributed by atoms with Crippen molar-refractivity contribution in [2.75, 3.05) is 0 Å². The fraction of sp³-hybridized carbons (Fsp3) is 0.429. The van der Waals surface area contributed by atoms with Gasteiger partial charge in [-0.15, -0.1) is 11.3 Å². The number of benzene rings is 1. The molecule has 84 valence electrons. The second-order valence-electron chi connectivity index (χ2n) is 4.74. The van der Waals surface area contributed by atoms with Crippen molar-refractivity contribution >= 4 is 21.4 Å². The van der Waals surface area contributed by atoms with Crippen LogP contribution in [0.3, 0.4) is 0 Å².